The maximum atomic E-state index is 11.2. The molecule has 0 bridgehead atoms. The Bertz CT molecular complexity index is 209. The highest BCUT2D eigenvalue weighted by atomic mass is 35.5. The Kier molecular flexibility index (Phi) is 5.81. The van der Waals surface area contributed by atoms with Crippen LogP contribution in [-0.2, 0) is 9.53 Å². The van der Waals surface area contributed by atoms with Gasteiger partial charge in [-0.15, -0.1) is 0 Å². The molecule has 1 N–H and O–H groups in total. The minimum absolute atomic E-state index is 0.204. The van der Waals surface area contributed by atoms with E-state index in [1.165, 1.54) is 0 Å². The first-order valence-corrected chi connectivity index (χ1v) is 4.95. The summed E-state index contributed by atoms with van der Waals surface area (Å²) in [5.74, 6) is -0.204. The van der Waals surface area contributed by atoms with Crippen molar-refractivity contribution in [3.63, 3.8) is 0 Å². The van der Waals surface area contributed by atoms with E-state index in [4.69, 9.17) is 16.3 Å². The van der Waals surface area contributed by atoms with Gasteiger partial charge in [-0.1, -0.05) is 18.2 Å². The number of hydrogen-bond donors (Lipinski definition) is 1. The highest BCUT2D eigenvalue weighted by molar-refractivity contribution is 6.29. The molecule has 0 heterocycles. The van der Waals surface area contributed by atoms with Crippen LogP contribution in [0.1, 0.15) is 27.2 Å². The van der Waals surface area contributed by atoms with E-state index < -0.39 is 5.60 Å². The Morgan fingerprint density at radius 3 is 2.50 bits per heavy atom. The third-order valence-electron chi connectivity index (χ3n) is 1.24. The third-order valence-corrected chi connectivity index (χ3v) is 1.38. The highest BCUT2D eigenvalue weighted by Crippen LogP contribution is 2.07. The van der Waals surface area contributed by atoms with E-state index in [0.717, 1.165) is 0 Å². The summed E-state index contributed by atoms with van der Waals surface area (Å²) in [6.45, 7) is 10.1. The van der Waals surface area contributed by atoms with Gasteiger partial charge in [0.15, 0.2) is 0 Å². The van der Waals surface area contributed by atoms with Crippen LogP contribution in [0.15, 0.2) is 11.6 Å². The zero-order valence-electron chi connectivity index (χ0n) is 9.02. The fraction of sp³-hybridized carbons (Fsp3) is 0.700. The van der Waals surface area contributed by atoms with Crippen molar-refractivity contribution in [3.05, 3.63) is 11.6 Å². The van der Waals surface area contributed by atoms with Gasteiger partial charge in [-0.2, -0.15) is 0 Å². The standard InChI is InChI=1S/C10H18ClNO2/c1-8(11)7-12-6-5-9(13)14-10(2,3)4/h12H,1,5-7H2,2-4H3. The van der Waals surface area contributed by atoms with Crippen molar-refractivity contribution in [3.8, 4) is 0 Å². The summed E-state index contributed by atoms with van der Waals surface area (Å²) in [7, 11) is 0. The SMILES string of the molecule is C=C(Cl)CNCCC(=O)OC(C)(C)C. The fourth-order valence-electron chi connectivity index (χ4n) is 0.807. The van der Waals surface area contributed by atoms with Crippen LogP contribution in [0, 0.1) is 0 Å². The van der Waals surface area contributed by atoms with Crippen molar-refractivity contribution < 1.29 is 9.53 Å². The molecule has 0 fully saturated rings. The summed E-state index contributed by atoms with van der Waals surface area (Å²) in [5.41, 5.74) is -0.410. The predicted molar refractivity (Wildman–Crippen MR) is 58.3 cm³/mol. The van der Waals surface area contributed by atoms with Crippen molar-refractivity contribution in [1.29, 1.82) is 0 Å². The van der Waals surface area contributed by atoms with Gasteiger partial charge in [0.25, 0.3) is 0 Å². The van der Waals surface area contributed by atoms with Gasteiger partial charge >= 0.3 is 5.97 Å². The topological polar surface area (TPSA) is 38.3 Å². The molecule has 0 rings (SSSR count). The quantitative estimate of drug-likeness (QED) is 0.568. The fourth-order valence-corrected chi connectivity index (χ4v) is 0.902. The number of rotatable bonds is 5. The van der Waals surface area contributed by atoms with Crippen LogP contribution in [0.4, 0.5) is 0 Å². The van der Waals surface area contributed by atoms with E-state index in [-0.39, 0.29) is 5.97 Å². The van der Waals surface area contributed by atoms with Gasteiger partial charge in [0, 0.05) is 18.1 Å². The lowest BCUT2D eigenvalue weighted by molar-refractivity contribution is -0.154. The van der Waals surface area contributed by atoms with Gasteiger partial charge in [0.05, 0.1) is 6.42 Å². The Morgan fingerprint density at radius 2 is 2.07 bits per heavy atom. The average molecular weight is 220 g/mol. The van der Waals surface area contributed by atoms with Crippen molar-refractivity contribution in [2.75, 3.05) is 13.1 Å². The smallest absolute Gasteiger partial charge is 0.307 e. The highest BCUT2D eigenvalue weighted by Gasteiger charge is 2.15. The summed E-state index contributed by atoms with van der Waals surface area (Å²) in [6, 6.07) is 0. The van der Waals surface area contributed by atoms with Gasteiger partial charge in [0.1, 0.15) is 5.60 Å². The Morgan fingerprint density at radius 1 is 1.50 bits per heavy atom. The minimum Gasteiger partial charge on any atom is -0.460 e. The minimum atomic E-state index is -0.410. The van der Waals surface area contributed by atoms with Gasteiger partial charge in [-0.3, -0.25) is 4.79 Å². The summed E-state index contributed by atoms with van der Waals surface area (Å²) >= 11 is 5.53. The second kappa shape index (κ2) is 6.04. The largest absolute Gasteiger partial charge is 0.460 e. The second-order valence-electron chi connectivity index (χ2n) is 4.03. The average Bonchev–Trinajstić information content (AvgIpc) is 1.94. The molecule has 0 aliphatic heterocycles. The van der Waals surface area contributed by atoms with E-state index >= 15 is 0 Å². The van der Waals surface area contributed by atoms with Gasteiger partial charge < -0.3 is 10.1 Å². The number of halogens is 1. The number of esters is 1. The van der Waals surface area contributed by atoms with Crippen molar-refractivity contribution in [2.24, 2.45) is 0 Å². The van der Waals surface area contributed by atoms with Crippen molar-refractivity contribution in [1.82, 2.24) is 5.32 Å². The van der Waals surface area contributed by atoms with E-state index in [9.17, 15) is 4.79 Å². The summed E-state index contributed by atoms with van der Waals surface area (Å²) < 4.78 is 5.11. The van der Waals surface area contributed by atoms with Gasteiger partial charge in [-0.05, 0) is 20.8 Å². The van der Waals surface area contributed by atoms with E-state index in [1.54, 1.807) is 0 Å². The number of hydrogen-bond acceptors (Lipinski definition) is 3. The van der Waals surface area contributed by atoms with Crippen molar-refractivity contribution >= 4 is 17.6 Å². The second-order valence-corrected chi connectivity index (χ2v) is 4.57. The molecule has 82 valence electrons. The molecule has 0 saturated heterocycles. The third kappa shape index (κ3) is 9.55. The molecule has 0 saturated carbocycles. The van der Waals surface area contributed by atoms with Crippen molar-refractivity contribution in [2.45, 2.75) is 32.8 Å². The Labute approximate surface area is 90.5 Å². The molecule has 0 aromatic rings. The molecule has 14 heavy (non-hydrogen) atoms. The van der Waals surface area contributed by atoms with Crippen LogP contribution in [0.2, 0.25) is 0 Å². The summed E-state index contributed by atoms with van der Waals surface area (Å²) in [5, 5.41) is 3.51. The molecule has 4 heteroatoms. The molecule has 0 amide bonds. The zero-order valence-corrected chi connectivity index (χ0v) is 9.78. The van der Waals surface area contributed by atoms with E-state index in [2.05, 4.69) is 11.9 Å². The van der Waals surface area contributed by atoms with Crippen LogP contribution < -0.4 is 5.32 Å². The molecule has 0 aliphatic carbocycles. The number of carbonyl (C=O) groups excluding carboxylic acids is 1. The first-order valence-electron chi connectivity index (χ1n) is 4.57. The molecular weight excluding hydrogens is 202 g/mol. The lowest BCUT2D eigenvalue weighted by Crippen LogP contribution is -2.27. The Balaban J connectivity index is 3.50. The lowest BCUT2D eigenvalue weighted by Gasteiger charge is -2.19. The summed E-state index contributed by atoms with van der Waals surface area (Å²) in [6.07, 6.45) is 0.349. The van der Waals surface area contributed by atoms with E-state index in [1.807, 2.05) is 20.8 Å². The maximum Gasteiger partial charge on any atom is 0.307 e. The van der Waals surface area contributed by atoms with Crippen LogP contribution in [-0.4, -0.2) is 24.7 Å². The number of ether oxygens (including phenoxy) is 1. The molecule has 0 spiro atoms. The normalized spacial score (nSPS) is 11.1. The predicted octanol–water partition coefficient (Wildman–Crippen LogP) is 2.06. The summed E-state index contributed by atoms with van der Waals surface area (Å²) in [4.78, 5) is 11.2. The van der Waals surface area contributed by atoms with E-state index in [0.29, 0.717) is 24.5 Å². The molecule has 0 aliphatic rings. The Hall–Kier alpha value is -0.540. The lowest BCUT2D eigenvalue weighted by atomic mass is 10.2. The van der Waals surface area contributed by atoms with Crippen LogP contribution in [0.5, 0.6) is 0 Å². The molecule has 0 aromatic carbocycles. The first-order chi connectivity index (χ1) is 6.31. The number of nitrogens with one attached hydrogen (secondary N) is 1. The van der Waals surface area contributed by atoms with Crippen LogP contribution in [0.25, 0.3) is 0 Å². The molecule has 0 aromatic heterocycles. The van der Waals surface area contributed by atoms with Crippen LogP contribution in [0.3, 0.4) is 0 Å². The molecule has 0 unspecified atom stereocenters. The maximum absolute atomic E-state index is 11.2. The van der Waals surface area contributed by atoms with Crippen LogP contribution >= 0.6 is 11.6 Å². The molecular formula is C10H18ClNO2. The molecule has 0 atom stereocenters. The number of carbonyl (C=O) groups is 1. The zero-order chi connectivity index (χ0) is 11.2. The van der Waals surface area contributed by atoms with Gasteiger partial charge in [0.2, 0.25) is 0 Å². The molecule has 3 nitrogen and oxygen atoms in total. The van der Waals surface area contributed by atoms with Gasteiger partial charge in [-0.25, -0.2) is 0 Å². The first kappa shape index (κ1) is 13.5. The monoisotopic (exact) mass is 219 g/mol. The molecule has 0 radical (unpaired) electrons.